The first-order valence-electron chi connectivity index (χ1n) is 7.29. The second-order valence-corrected chi connectivity index (χ2v) is 6.02. The van der Waals surface area contributed by atoms with Crippen molar-refractivity contribution in [2.45, 2.75) is 18.9 Å². The van der Waals surface area contributed by atoms with Crippen LogP contribution in [-0.2, 0) is 6.42 Å². The molecule has 1 saturated heterocycles. The molecule has 1 aliphatic heterocycles. The molecular weight excluding hydrogens is 266 g/mol. The molecule has 0 spiro atoms. The van der Waals surface area contributed by atoms with Gasteiger partial charge in [0.2, 0.25) is 0 Å². The van der Waals surface area contributed by atoms with Crippen molar-refractivity contribution in [1.29, 1.82) is 0 Å². The summed E-state index contributed by atoms with van der Waals surface area (Å²) >= 11 is 1.69. The smallest absolute Gasteiger partial charge is 0.0794 e. The van der Waals surface area contributed by atoms with Crippen LogP contribution in [0.25, 0.3) is 0 Å². The van der Waals surface area contributed by atoms with E-state index in [4.69, 9.17) is 0 Å². The van der Waals surface area contributed by atoms with Gasteiger partial charge in [-0.3, -0.25) is 0 Å². The molecule has 1 fully saturated rings. The second kappa shape index (κ2) is 6.97. The summed E-state index contributed by atoms with van der Waals surface area (Å²) < 4.78 is 0. The van der Waals surface area contributed by atoms with Gasteiger partial charge >= 0.3 is 0 Å². The minimum absolute atomic E-state index is 0.453. The first-order valence-corrected chi connectivity index (χ1v) is 8.24. The van der Waals surface area contributed by atoms with Gasteiger partial charge in [0, 0.05) is 30.9 Å². The summed E-state index contributed by atoms with van der Waals surface area (Å²) in [6.07, 6.45) is 2.28. The Morgan fingerprint density at radius 2 is 2.20 bits per heavy atom. The van der Waals surface area contributed by atoms with Crippen LogP contribution >= 0.6 is 11.3 Å². The van der Waals surface area contributed by atoms with Crippen molar-refractivity contribution in [1.82, 2.24) is 15.2 Å². The lowest BCUT2D eigenvalue weighted by Crippen LogP contribution is -2.32. The third-order valence-electron chi connectivity index (χ3n) is 3.85. The molecule has 0 bridgehead atoms. The number of benzene rings is 1. The molecule has 1 aromatic heterocycles. The van der Waals surface area contributed by atoms with Crippen LogP contribution in [0, 0.1) is 0 Å². The van der Waals surface area contributed by atoms with Gasteiger partial charge in [0.05, 0.1) is 11.2 Å². The largest absolute Gasteiger partial charge is 0.309 e. The maximum absolute atomic E-state index is 4.38. The van der Waals surface area contributed by atoms with Gasteiger partial charge in [-0.15, -0.1) is 11.3 Å². The van der Waals surface area contributed by atoms with Crippen LogP contribution in [-0.4, -0.2) is 36.1 Å². The van der Waals surface area contributed by atoms with Crippen molar-refractivity contribution in [3.8, 4) is 0 Å². The Morgan fingerprint density at radius 1 is 1.30 bits per heavy atom. The Bertz CT molecular complexity index is 498. The average Bonchev–Trinajstić information content (AvgIpc) is 2.90. The van der Waals surface area contributed by atoms with Gasteiger partial charge in [-0.1, -0.05) is 30.3 Å². The minimum Gasteiger partial charge on any atom is -0.309 e. The summed E-state index contributed by atoms with van der Waals surface area (Å²) in [5.74, 6) is 0. The molecule has 3 rings (SSSR count). The van der Waals surface area contributed by atoms with E-state index in [1.807, 2.05) is 5.51 Å². The summed E-state index contributed by atoms with van der Waals surface area (Å²) in [7, 11) is 0. The van der Waals surface area contributed by atoms with Gasteiger partial charge in [-0.05, 0) is 25.1 Å². The standard InChI is InChI=1S/C16H21N3S/c1-2-5-14(6-3-1)16-11-19(9-4-8-17-16)10-7-15-12-20-13-18-15/h1-3,5-6,12-13,16-17H,4,7-11H2. The molecule has 4 heteroatoms. The summed E-state index contributed by atoms with van der Waals surface area (Å²) in [6.45, 7) is 4.48. The molecule has 3 nitrogen and oxygen atoms in total. The lowest BCUT2D eigenvalue weighted by Gasteiger charge is -2.24. The van der Waals surface area contributed by atoms with Crippen molar-refractivity contribution < 1.29 is 0 Å². The van der Waals surface area contributed by atoms with Crippen molar-refractivity contribution in [2.75, 3.05) is 26.2 Å². The molecule has 0 amide bonds. The van der Waals surface area contributed by atoms with Gasteiger partial charge in [0.1, 0.15) is 0 Å². The predicted octanol–water partition coefficient (Wildman–Crippen LogP) is 2.72. The maximum Gasteiger partial charge on any atom is 0.0794 e. The van der Waals surface area contributed by atoms with Gasteiger partial charge in [0.15, 0.2) is 0 Å². The average molecular weight is 287 g/mol. The van der Waals surface area contributed by atoms with Gasteiger partial charge in [-0.2, -0.15) is 0 Å². The Hall–Kier alpha value is -1.23. The molecule has 106 valence electrons. The molecule has 20 heavy (non-hydrogen) atoms. The van der Waals surface area contributed by atoms with Crippen LogP contribution in [0.2, 0.25) is 0 Å². The van der Waals surface area contributed by atoms with E-state index >= 15 is 0 Å². The summed E-state index contributed by atoms with van der Waals surface area (Å²) in [5, 5.41) is 5.82. The fraction of sp³-hybridized carbons (Fsp3) is 0.438. The van der Waals surface area contributed by atoms with E-state index in [9.17, 15) is 0 Å². The normalized spacial score (nSPS) is 20.7. The van der Waals surface area contributed by atoms with Gasteiger partial charge < -0.3 is 10.2 Å². The SMILES string of the molecule is c1ccc(C2CN(CCc3cscn3)CCCN2)cc1. The molecule has 0 radical (unpaired) electrons. The molecule has 1 aliphatic rings. The lowest BCUT2D eigenvalue weighted by molar-refractivity contribution is 0.271. The van der Waals surface area contributed by atoms with Crippen LogP contribution in [0.15, 0.2) is 41.2 Å². The zero-order valence-electron chi connectivity index (χ0n) is 11.7. The highest BCUT2D eigenvalue weighted by Gasteiger charge is 2.18. The van der Waals surface area contributed by atoms with Gasteiger partial charge in [-0.25, -0.2) is 4.98 Å². The number of hydrogen-bond acceptors (Lipinski definition) is 4. The summed E-state index contributed by atoms with van der Waals surface area (Å²) in [4.78, 5) is 6.94. The number of hydrogen-bond donors (Lipinski definition) is 1. The Morgan fingerprint density at radius 3 is 3.00 bits per heavy atom. The number of aromatic nitrogens is 1. The van der Waals surface area contributed by atoms with Crippen molar-refractivity contribution in [3.63, 3.8) is 0 Å². The van der Waals surface area contributed by atoms with Crippen LogP contribution in [0.3, 0.4) is 0 Å². The van der Waals surface area contributed by atoms with Crippen LogP contribution < -0.4 is 5.32 Å². The minimum atomic E-state index is 0.453. The molecule has 0 aliphatic carbocycles. The summed E-state index contributed by atoms with van der Waals surface area (Å²) in [5.41, 5.74) is 4.54. The first kappa shape index (κ1) is 13.7. The van der Waals surface area contributed by atoms with E-state index in [0.717, 1.165) is 26.1 Å². The molecular formula is C16H21N3S. The van der Waals surface area contributed by atoms with Crippen molar-refractivity contribution in [3.05, 3.63) is 52.5 Å². The Balaban J connectivity index is 1.60. The molecule has 1 aromatic carbocycles. The fourth-order valence-electron chi connectivity index (χ4n) is 2.74. The zero-order valence-corrected chi connectivity index (χ0v) is 12.5. The van der Waals surface area contributed by atoms with E-state index in [1.54, 1.807) is 11.3 Å². The molecule has 1 unspecified atom stereocenters. The number of nitrogens with one attached hydrogen (secondary N) is 1. The Kier molecular flexibility index (Phi) is 4.79. The summed E-state index contributed by atoms with van der Waals surface area (Å²) in [6, 6.07) is 11.2. The monoisotopic (exact) mass is 287 g/mol. The third kappa shape index (κ3) is 3.66. The quantitative estimate of drug-likeness (QED) is 0.937. The number of thiazole rings is 1. The van der Waals surface area contributed by atoms with Gasteiger partial charge in [0.25, 0.3) is 0 Å². The highest BCUT2D eigenvalue weighted by Crippen LogP contribution is 2.17. The number of rotatable bonds is 4. The van der Waals surface area contributed by atoms with Crippen molar-refractivity contribution in [2.24, 2.45) is 0 Å². The lowest BCUT2D eigenvalue weighted by atomic mass is 10.1. The van der Waals surface area contributed by atoms with E-state index in [1.165, 1.54) is 24.2 Å². The molecule has 1 atom stereocenters. The zero-order chi connectivity index (χ0) is 13.6. The van der Waals surface area contributed by atoms with E-state index in [0.29, 0.717) is 6.04 Å². The highest BCUT2D eigenvalue weighted by molar-refractivity contribution is 7.07. The molecule has 1 N–H and O–H groups in total. The predicted molar refractivity (Wildman–Crippen MR) is 84.1 cm³/mol. The van der Waals surface area contributed by atoms with Crippen molar-refractivity contribution >= 4 is 11.3 Å². The fourth-order valence-corrected chi connectivity index (χ4v) is 3.33. The molecule has 2 heterocycles. The maximum atomic E-state index is 4.38. The Labute approximate surface area is 124 Å². The van der Waals surface area contributed by atoms with Crippen LogP contribution in [0.4, 0.5) is 0 Å². The second-order valence-electron chi connectivity index (χ2n) is 5.30. The topological polar surface area (TPSA) is 28.2 Å². The first-order chi connectivity index (χ1) is 9.92. The van der Waals surface area contributed by atoms with Crippen LogP contribution in [0.5, 0.6) is 0 Å². The number of nitrogens with zero attached hydrogens (tertiary/aromatic N) is 2. The van der Waals surface area contributed by atoms with E-state index < -0.39 is 0 Å². The molecule has 0 saturated carbocycles. The highest BCUT2D eigenvalue weighted by atomic mass is 32.1. The molecule has 2 aromatic rings. The van der Waals surface area contributed by atoms with E-state index in [-0.39, 0.29) is 0 Å². The third-order valence-corrected chi connectivity index (χ3v) is 4.49. The van der Waals surface area contributed by atoms with E-state index in [2.05, 4.69) is 50.9 Å². The van der Waals surface area contributed by atoms with Crippen LogP contribution in [0.1, 0.15) is 23.7 Å².